The fourth-order valence-corrected chi connectivity index (χ4v) is 2.11. The van der Waals surface area contributed by atoms with Crippen molar-refractivity contribution in [3.05, 3.63) is 29.3 Å². The van der Waals surface area contributed by atoms with Crippen molar-refractivity contribution >= 4 is 5.97 Å². The molecule has 0 amide bonds. The SMILES string of the molecule is CN1Cc2cc(O)ccc2C[C@]1(C)C(=O)O. The van der Waals surface area contributed by atoms with E-state index in [2.05, 4.69) is 0 Å². The highest BCUT2D eigenvalue weighted by Crippen LogP contribution is 2.31. The van der Waals surface area contributed by atoms with Crippen molar-refractivity contribution in [2.45, 2.75) is 25.4 Å². The molecule has 4 nitrogen and oxygen atoms in total. The van der Waals surface area contributed by atoms with Crippen LogP contribution in [0.3, 0.4) is 0 Å². The van der Waals surface area contributed by atoms with E-state index < -0.39 is 11.5 Å². The number of carbonyl (C=O) groups is 1. The number of carboxylic acids is 1. The summed E-state index contributed by atoms with van der Waals surface area (Å²) in [6.07, 6.45) is 0.467. The van der Waals surface area contributed by atoms with Gasteiger partial charge in [0.05, 0.1) is 0 Å². The maximum absolute atomic E-state index is 11.3. The second kappa shape index (κ2) is 3.49. The topological polar surface area (TPSA) is 60.8 Å². The molecule has 2 N–H and O–H groups in total. The number of phenols is 1. The van der Waals surface area contributed by atoms with Gasteiger partial charge >= 0.3 is 5.97 Å². The van der Waals surface area contributed by atoms with Crippen molar-refractivity contribution in [1.82, 2.24) is 4.90 Å². The Labute approximate surface area is 94.1 Å². The molecule has 1 aliphatic rings. The van der Waals surface area contributed by atoms with E-state index in [0.29, 0.717) is 13.0 Å². The number of aromatic hydroxyl groups is 1. The number of hydrogen-bond donors (Lipinski definition) is 2. The lowest BCUT2D eigenvalue weighted by molar-refractivity contribution is -0.150. The van der Waals surface area contributed by atoms with E-state index in [9.17, 15) is 15.0 Å². The molecule has 0 fully saturated rings. The predicted molar refractivity (Wildman–Crippen MR) is 59.3 cm³/mol. The summed E-state index contributed by atoms with van der Waals surface area (Å²) in [6.45, 7) is 2.28. The number of rotatable bonds is 1. The number of benzene rings is 1. The maximum Gasteiger partial charge on any atom is 0.324 e. The molecule has 0 bridgehead atoms. The number of carboxylic acid groups (broad SMARTS) is 1. The van der Waals surface area contributed by atoms with Crippen molar-refractivity contribution in [2.75, 3.05) is 7.05 Å². The van der Waals surface area contributed by atoms with E-state index in [4.69, 9.17) is 0 Å². The molecule has 0 radical (unpaired) electrons. The summed E-state index contributed by atoms with van der Waals surface area (Å²) >= 11 is 0. The number of likely N-dealkylation sites (N-methyl/N-ethyl adjacent to an activating group) is 1. The van der Waals surface area contributed by atoms with Gasteiger partial charge in [-0.25, -0.2) is 0 Å². The summed E-state index contributed by atoms with van der Waals surface area (Å²) in [5, 5.41) is 18.6. The minimum atomic E-state index is -0.857. The normalized spacial score (nSPS) is 25.1. The van der Waals surface area contributed by atoms with E-state index in [1.165, 1.54) is 0 Å². The second-order valence-electron chi connectivity index (χ2n) is 4.56. The highest BCUT2D eigenvalue weighted by atomic mass is 16.4. The van der Waals surface area contributed by atoms with Crippen LogP contribution in [0.5, 0.6) is 5.75 Å². The van der Waals surface area contributed by atoms with Crippen molar-refractivity contribution < 1.29 is 15.0 Å². The summed E-state index contributed by atoms with van der Waals surface area (Å²) in [5.41, 5.74) is 1.14. The first kappa shape index (κ1) is 11.0. The minimum Gasteiger partial charge on any atom is -0.508 e. The molecule has 1 atom stereocenters. The van der Waals surface area contributed by atoms with Crippen LogP contribution in [-0.2, 0) is 17.8 Å². The van der Waals surface area contributed by atoms with Crippen LogP contribution in [0.4, 0.5) is 0 Å². The quantitative estimate of drug-likeness (QED) is 0.748. The van der Waals surface area contributed by atoms with Crippen molar-refractivity contribution in [3.63, 3.8) is 0 Å². The van der Waals surface area contributed by atoms with Crippen LogP contribution in [0.2, 0.25) is 0 Å². The first-order valence-electron chi connectivity index (χ1n) is 5.19. The third kappa shape index (κ3) is 1.55. The summed E-state index contributed by atoms with van der Waals surface area (Å²) in [4.78, 5) is 13.1. The van der Waals surface area contributed by atoms with Gasteiger partial charge in [-0.15, -0.1) is 0 Å². The lowest BCUT2D eigenvalue weighted by atomic mass is 9.84. The molecule has 0 saturated heterocycles. The third-order valence-corrected chi connectivity index (χ3v) is 3.44. The molecular weight excluding hydrogens is 206 g/mol. The molecule has 86 valence electrons. The van der Waals surface area contributed by atoms with Gasteiger partial charge in [0.25, 0.3) is 0 Å². The number of hydrogen-bond acceptors (Lipinski definition) is 3. The average Bonchev–Trinajstić information content (AvgIpc) is 2.20. The smallest absolute Gasteiger partial charge is 0.324 e. The Kier molecular flexibility index (Phi) is 2.39. The Hall–Kier alpha value is -1.55. The highest BCUT2D eigenvalue weighted by Gasteiger charge is 2.41. The fourth-order valence-electron chi connectivity index (χ4n) is 2.11. The van der Waals surface area contributed by atoms with Crippen LogP contribution in [-0.4, -0.2) is 33.7 Å². The van der Waals surface area contributed by atoms with Crippen LogP contribution in [0.25, 0.3) is 0 Å². The summed E-state index contributed by atoms with van der Waals surface area (Å²) in [7, 11) is 1.79. The largest absolute Gasteiger partial charge is 0.508 e. The number of aliphatic carboxylic acids is 1. The van der Waals surface area contributed by atoms with Gasteiger partial charge in [-0.3, -0.25) is 9.69 Å². The Balaban J connectivity index is 2.43. The molecule has 1 aromatic rings. The summed E-state index contributed by atoms with van der Waals surface area (Å²) in [5.74, 6) is -0.584. The molecule has 0 aromatic heterocycles. The standard InChI is InChI=1S/C12H15NO3/c1-12(11(15)16)6-8-3-4-10(14)5-9(8)7-13(12)2/h3-5,14H,6-7H2,1-2H3,(H,15,16)/t12-/m1/s1. The molecule has 1 heterocycles. The van der Waals surface area contributed by atoms with Crippen molar-refractivity contribution in [1.29, 1.82) is 0 Å². The van der Waals surface area contributed by atoms with E-state index >= 15 is 0 Å². The molecule has 4 heteroatoms. The fraction of sp³-hybridized carbons (Fsp3) is 0.417. The first-order chi connectivity index (χ1) is 7.43. The van der Waals surface area contributed by atoms with E-state index in [0.717, 1.165) is 11.1 Å². The van der Waals surface area contributed by atoms with Gasteiger partial charge < -0.3 is 10.2 Å². The molecule has 2 rings (SSSR count). The van der Waals surface area contributed by atoms with E-state index in [1.54, 1.807) is 37.1 Å². The van der Waals surface area contributed by atoms with Crippen LogP contribution in [0.1, 0.15) is 18.1 Å². The molecular formula is C12H15NO3. The molecule has 16 heavy (non-hydrogen) atoms. The summed E-state index contributed by atoms with van der Waals surface area (Å²) in [6, 6.07) is 5.11. The molecule has 1 aromatic carbocycles. The van der Waals surface area contributed by atoms with Gasteiger partial charge in [-0.05, 0) is 37.2 Å². The van der Waals surface area contributed by atoms with Gasteiger partial charge in [0.15, 0.2) is 0 Å². The van der Waals surface area contributed by atoms with Crippen LogP contribution in [0, 0.1) is 0 Å². The first-order valence-corrected chi connectivity index (χ1v) is 5.19. The number of fused-ring (bicyclic) bond motifs is 1. The van der Waals surface area contributed by atoms with Gasteiger partial charge in [0, 0.05) is 13.0 Å². The van der Waals surface area contributed by atoms with E-state index in [1.807, 2.05) is 0 Å². The average molecular weight is 221 g/mol. The zero-order valence-electron chi connectivity index (χ0n) is 9.40. The van der Waals surface area contributed by atoms with Crippen molar-refractivity contribution in [3.8, 4) is 5.75 Å². The van der Waals surface area contributed by atoms with E-state index in [-0.39, 0.29) is 5.75 Å². The molecule has 1 aliphatic heterocycles. The lowest BCUT2D eigenvalue weighted by Gasteiger charge is -2.40. The monoisotopic (exact) mass is 221 g/mol. The highest BCUT2D eigenvalue weighted by molar-refractivity contribution is 5.79. The van der Waals surface area contributed by atoms with Crippen LogP contribution in [0.15, 0.2) is 18.2 Å². The van der Waals surface area contributed by atoms with Gasteiger partial charge in [-0.2, -0.15) is 0 Å². The van der Waals surface area contributed by atoms with Gasteiger partial charge in [0.2, 0.25) is 0 Å². The lowest BCUT2D eigenvalue weighted by Crippen LogP contribution is -2.54. The number of nitrogens with zero attached hydrogens (tertiary/aromatic N) is 1. The molecule has 0 aliphatic carbocycles. The Morgan fingerprint density at radius 1 is 1.44 bits per heavy atom. The van der Waals surface area contributed by atoms with Gasteiger partial charge in [-0.1, -0.05) is 6.07 Å². The second-order valence-corrected chi connectivity index (χ2v) is 4.56. The van der Waals surface area contributed by atoms with Crippen molar-refractivity contribution in [2.24, 2.45) is 0 Å². The number of phenolic OH excluding ortho intramolecular Hbond substituents is 1. The van der Waals surface area contributed by atoms with Crippen LogP contribution >= 0.6 is 0 Å². The molecule has 0 spiro atoms. The predicted octanol–water partition coefficient (Wildman–Crippen LogP) is 1.22. The third-order valence-electron chi connectivity index (χ3n) is 3.44. The molecule has 0 unspecified atom stereocenters. The Bertz CT molecular complexity index is 444. The summed E-state index contributed by atoms with van der Waals surface area (Å²) < 4.78 is 0. The zero-order chi connectivity index (χ0) is 11.9. The molecule has 0 saturated carbocycles. The van der Waals surface area contributed by atoms with Crippen LogP contribution < -0.4 is 0 Å². The Morgan fingerprint density at radius 2 is 2.12 bits per heavy atom. The maximum atomic E-state index is 11.3. The zero-order valence-corrected chi connectivity index (χ0v) is 9.40. The minimum absolute atomic E-state index is 0.228. The Morgan fingerprint density at radius 3 is 2.75 bits per heavy atom. The van der Waals surface area contributed by atoms with Gasteiger partial charge in [0.1, 0.15) is 11.3 Å².